The first kappa shape index (κ1) is 71.8. The van der Waals surface area contributed by atoms with Gasteiger partial charge >= 0.3 is 47.8 Å². The smallest absolute Gasteiger partial charge is 0.333 e. The number of carbonyl (C=O) groups is 12. The number of hydrogen-bond acceptors (Lipinski definition) is 20. The fraction of sp³-hybridized carbons (Fsp3) is 0.394. The Balaban J connectivity index is 1.14. The quantitative estimate of drug-likeness (QED) is 0.0103. The summed E-state index contributed by atoms with van der Waals surface area (Å²) in [5.74, 6) is -9.61. The van der Waals surface area contributed by atoms with Gasteiger partial charge in [0.15, 0.2) is 12.2 Å². The molecule has 5 aromatic rings. The van der Waals surface area contributed by atoms with E-state index in [2.05, 4.69) is 90.0 Å². The van der Waals surface area contributed by atoms with Gasteiger partial charge in [0.1, 0.15) is 39.6 Å². The minimum atomic E-state index is -1.24. The molecule has 0 fully saturated rings. The number of amides is 4. The third kappa shape index (κ3) is 16.0. The molecule has 0 spiro atoms. The van der Waals surface area contributed by atoms with Gasteiger partial charge in [0.05, 0.1) is 37.8 Å². The zero-order chi connectivity index (χ0) is 68.1. The van der Waals surface area contributed by atoms with Crippen molar-refractivity contribution in [2.45, 2.75) is 118 Å². The molecule has 0 radical (unpaired) electrons. The highest BCUT2D eigenvalue weighted by molar-refractivity contribution is 9.11. The minimum absolute atomic E-state index is 0.0753. The Morgan fingerprint density at radius 1 is 0.370 bits per heavy atom. The van der Waals surface area contributed by atoms with Crippen LogP contribution in [0.5, 0.6) is 0 Å². The molecule has 4 amide bonds. The summed E-state index contributed by atoms with van der Waals surface area (Å²) in [6, 6.07) is 4.42. The topological polar surface area (TPSA) is 285 Å². The molecular formula is C66H66Br4N2O20. The molecule has 92 heavy (non-hydrogen) atoms. The Bertz CT molecular complexity index is 3550. The Hall–Kier alpha value is -7.68. The van der Waals surface area contributed by atoms with E-state index < -0.39 is 161 Å². The summed E-state index contributed by atoms with van der Waals surface area (Å²) in [7, 11) is 0. The average molecular weight is 1530 g/mol. The van der Waals surface area contributed by atoms with E-state index in [0.29, 0.717) is 61.0 Å². The maximum Gasteiger partial charge on any atom is 0.333 e. The summed E-state index contributed by atoms with van der Waals surface area (Å²) in [5, 5.41) is 3.77. The lowest BCUT2D eigenvalue weighted by Gasteiger charge is -2.36. The molecule has 22 nitrogen and oxygen atoms in total. The second kappa shape index (κ2) is 30.4. The first-order valence-corrected chi connectivity index (χ1v) is 32.2. The number of rotatable bonds is 30. The Labute approximate surface area is 562 Å². The molecular weight excluding hydrogens is 1460 g/mol. The van der Waals surface area contributed by atoms with Gasteiger partial charge in [-0.25, -0.2) is 19.2 Å². The lowest BCUT2D eigenvalue weighted by atomic mass is 9.81. The molecule has 2 unspecified atom stereocenters. The van der Waals surface area contributed by atoms with Crippen molar-refractivity contribution in [3.05, 3.63) is 113 Å². The molecule has 2 heterocycles. The molecule has 7 rings (SSSR count). The van der Waals surface area contributed by atoms with Gasteiger partial charge in [0.2, 0.25) is 0 Å². The van der Waals surface area contributed by atoms with Gasteiger partial charge < -0.3 is 37.9 Å². The second-order valence-corrected chi connectivity index (χ2v) is 26.7. The van der Waals surface area contributed by atoms with Crippen molar-refractivity contribution >= 4 is 178 Å². The van der Waals surface area contributed by atoms with Crippen LogP contribution < -0.4 is 0 Å². The van der Waals surface area contributed by atoms with Crippen LogP contribution in [-0.2, 0) is 76.3 Å². The molecule has 2 aliphatic heterocycles. The SMILES string of the molecule is C=C(C)C(=O)OCC(COC(=O)C(=C)C)OC(=O)CCC(=O)OCC(CC(C)C)N1C(=O)c2cc(Br)c3c4c(Br)cc5c6c(cc(Br)c(c7c(Br)cc(c2c37)C1=O)c64)C(=O)N(C(COC(=O)CCC(=O)OC(COC(=O)C(=C)C)COC(=O)C(=C)C)CC(C)C)C5=O. The fourth-order valence-corrected chi connectivity index (χ4v) is 13.1. The number of carbonyl (C=O) groups excluding carboxylic acids is 12. The van der Waals surface area contributed by atoms with Crippen LogP contribution in [0.1, 0.15) is 135 Å². The molecule has 2 atom stereocenters. The largest absolute Gasteiger partial charge is 0.463 e. The number of ether oxygens (including phenoxy) is 8. The zero-order valence-electron chi connectivity index (χ0n) is 51.7. The van der Waals surface area contributed by atoms with Crippen LogP contribution in [0, 0.1) is 11.8 Å². The summed E-state index contributed by atoms with van der Waals surface area (Å²) in [4.78, 5) is 163. The number of benzene rings is 5. The summed E-state index contributed by atoms with van der Waals surface area (Å²) < 4.78 is 44.2. The highest BCUT2D eigenvalue weighted by atomic mass is 79.9. The Kier molecular flexibility index (Phi) is 23.7. The summed E-state index contributed by atoms with van der Waals surface area (Å²) >= 11 is 15.1. The van der Waals surface area contributed by atoms with Crippen LogP contribution in [-0.4, -0.2) is 145 Å². The van der Waals surface area contributed by atoms with Crippen molar-refractivity contribution in [2.24, 2.45) is 11.8 Å². The fourth-order valence-electron chi connectivity index (χ4n) is 10.6. The number of halogens is 4. The van der Waals surface area contributed by atoms with Crippen molar-refractivity contribution in [2.75, 3.05) is 39.6 Å². The molecule has 0 saturated carbocycles. The van der Waals surface area contributed by atoms with Gasteiger partial charge in [-0.3, -0.25) is 48.2 Å². The molecule has 0 N–H and O–H groups in total. The predicted octanol–water partition coefficient (Wildman–Crippen LogP) is 11.8. The standard InChI is InChI=1S/C66H66Br4N2O20/c1-29(2)17-35(23-85-47(73)13-15-49(75)91-37(25-87-63(81)31(5)6)26-88-64(82)32(7)8)71-59(77)39-19-43(67)53-55-45(69)21-41-52-42(22-46(70)56(58(52)55)54-44(68)20-40(60(71)78)51(39)57(53)54)62(80)72(61(41)79)36(18-30(3)4)24-86-48(74)14-16-50(76)92-38(27-89-65(83)33(9)10)28-90-66(84)34(11)12/h19-22,29-30,35-38H,5,7,9,11,13-18,23-28H2,1-4,6,8,10,12H3. The molecule has 0 aliphatic carbocycles. The Morgan fingerprint density at radius 3 is 0.837 bits per heavy atom. The van der Waals surface area contributed by atoms with E-state index in [9.17, 15) is 38.4 Å². The van der Waals surface area contributed by atoms with Gasteiger partial charge in [-0.05, 0) is 76.6 Å². The van der Waals surface area contributed by atoms with Crippen molar-refractivity contribution in [1.82, 2.24) is 9.80 Å². The maximum absolute atomic E-state index is 15.1. The number of fused-ring (bicyclic) bond motifs is 2. The number of hydrogen-bond donors (Lipinski definition) is 0. The van der Waals surface area contributed by atoms with Crippen LogP contribution in [0.15, 0.2) is 90.8 Å². The van der Waals surface area contributed by atoms with Crippen molar-refractivity contribution in [1.29, 1.82) is 0 Å². The van der Waals surface area contributed by atoms with Gasteiger partial charge in [-0.15, -0.1) is 0 Å². The van der Waals surface area contributed by atoms with Gasteiger partial charge in [0, 0.05) is 106 Å². The number of imide groups is 2. The summed E-state index contributed by atoms with van der Waals surface area (Å²) in [5.41, 5.74) is 0.874. The van der Waals surface area contributed by atoms with E-state index in [1.165, 1.54) is 27.7 Å². The van der Waals surface area contributed by atoms with Crippen molar-refractivity contribution in [3.63, 3.8) is 0 Å². The third-order valence-corrected chi connectivity index (χ3v) is 17.2. The van der Waals surface area contributed by atoms with Gasteiger partial charge in [0.25, 0.3) is 23.6 Å². The zero-order valence-corrected chi connectivity index (χ0v) is 58.0. The summed E-state index contributed by atoms with van der Waals surface area (Å²) in [6.45, 7) is 24.4. The number of nitrogens with zero attached hydrogens (tertiary/aromatic N) is 2. The van der Waals surface area contributed by atoms with E-state index in [-0.39, 0.29) is 69.2 Å². The van der Waals surface area contributed by atoms with E-state index in [0.717, 1.165) is 9.80 Å². The minimum Gasteiger partial charge on any atom is -0.463 e. The maximum atomic E-state index is 15.1. The van der Waals surface area contributed by atoms with Gasteiger partial charge in [-0.1, -0.05) is 118 Å². The normalized spacial score (nSPS) is 13.5. The van der Waals surface area contributed by atoms with Crippen LogP contribution in [0.25, 0.3) is 43.1 Å². The first-order valence-electron chi connectivity index (χ1n) is 29.0. The van der Waals surface area contributed by atoms with Crippen LogP contribution in [0.4, 0.5) is 0 Å². The molecule has 0 aromatic heterocycles. The van der Waals surface area contributed by atoms with E-state index in [1.54, 1.807) is 24.3 Å². The Morgan fingerprint density at radius 2 is 0.609 bits per heavy atom. The molecule has 26 heteroatoms. The van der Waals surface area contributed by atoms with Crippen LogP contribution >= 0.6 is 63.7 Å². The van der Waals surface area contributed by atoms with Crippen LogP contribution in [0.3, 0.4) is 0 Å². The second-order valence-electron chi connectivity index (χ2n) is 23.3. The highest BCUT2D eigenvalue weighted by Gasteiger charge is 2.44. The molecule has 2 aliphatic rings. The van der Waals surface area contributed by atoms with Crippen molar-refractivity contribution < 1.29 is 95.4 Å². The highest BCUT2D eigenvalue weighted by Crippen LogP contribution is 2.54. The van der Waals surface area contributed by atoms with Crippen molar-refractivity contribution in [3.8, 4) is 0 Å². The van der Waals surface area contributed by atoms with E-state index in [4.69, 9.17) is 37.9 Å². The predicted molar refractivity (Wildman–Crippen MR) is 349 cm³/mol. The summed E-state index contributed by atoms with van der Waals surface area (Å²) in [6.07, 6.45) is -4.04. The molecule has 488 valence electrons. The van der Waals surface area contributed by atoms with E-state index in [1.807, 2.05) is 27.7 Å². The molecule has 0 bridgehead atoms. The third-order valence-electron chi connectivity index (χ3n) is 14.7. The number of esters is 8. The molecule has 5 aromatic carbocycles. The molecule has 0 saturated heterocycles. The monoisotopic (exact) mass is 1520 g/mol. The van der Waals surface area contributed by atoms with Gasteiger partial charge in [-0.2, -0.15) is 0 Å². The van der Waals surface area contributed by atoms with Crippen LogP contribution in [0.2, 0.25) is 0 Å². The first-order chi connectivity index (χ1) is 43.2. The van der Waals surface area contributed by atoms with E-state index >= 15 is 19.2 Å². The lowest BCUT2D eigenvalue weighted by Crippen LogP contribution is -2.50. The average Bonchev–Trinajstić information content (AvgIpc) is 0.678. The lowest BCUT2D eigenvalue weighted by molar-refractivity contribution is -0.165.